The van der Waals surface area contributed by atoms with Gasteiger partial charge in [0.05, 0.1) is 11.6 Å². The summed E-state index contributed by atoms with van der Waals surface area (Å²) in [6, 6.07) is 18.0. The van der Waals surface area contributed by atoms with Crippen molar-refractivity contribution in [2.45, 2.75) is 25.6 Å². The van der Waals surface area contributed by atoms with Gasteiger partial charge in [-0.15, -0.1) is 0 Å². The third-order valence-corrected chi connectivity index (χ3v) is 4.41. The van der Waals surface area contributed by atoms with Crippen LogP contribution < -0.4 is 10.1 Å². The molecule has 0 radical (unpaired) electrons. The van der Waals surface area contributed by atoms with Gasteiger partial charge in [-0.1, -0.05) is 42.5 Å². The zero-order valence-electron chi connectivity index (χ0n) is 14.1. The second kappa shape index (κ2) is 8.48. The number of aliphatic hydroxyl groups excluding tert-OH is 1. The molecule has 3 rings (SSSR count). The van der Waals surface area contributed by atoms with E-state index < -0.39 is 0 Å². The Morgan fingerprint density at radius 3 is 2.84 bits per heavy atom. The summed E-state index contributed by atoms with van der Waals surface area (Å²) in [6.07, 6.45) is 5.14. The highest BCUT2D eigenvalue weighted by atomic mass is 16.5. The molecule has 2 aromatic rings. The summed E-state index contributed by atoms with van der Waals surface area (Å²) in [4.78, 5) is 0. The van der Waals surface area contributed by atoms with Crippen LogP contribution in [0.4, 0.5) is 0 Å². The van der Waals surface area contributed by atoms with Crippen LogP contribution >= 0.6 is 0 Å². The number of nitriles is 1. The lowest BCUT2D eigenvalue weighted by Gasteiger charge is -2.13. The molecule has 0 aromatic heterocycles. The fourth-order valence-electron chi connectivity index (χ4n) is 2.97. The Kier molecular flexibility index (Phi) is 5.84. The number of rotatable bonds is 7. The van der Waals surface area contributed by atoms with E-state index in [1.54, 1.807) is 6.07 Å². The minimum Gasteiger partial charge on any atom is -0.489 e. The van der Waals surface area contributed by atoms with Gasteiger partial charge >= 0.3 is 0 Å². The molecule has 0 fully saturated rings. The van der Waals surface area contributed by atoms with Gasteiger partial charge in [0.15, 0.2) is 0 Å². The highest BCUT2D eigenvalue weighted by Crippen LogP contribution is 2.19. The summed E-state index contributed by atoms with van der Waals surface area (Å²) in [5.41, 5.74) is 2.68. The highest BCUT2D eigenvalue weighted by molar-refractivity contribution is 5.37. The van der Waals surface area contributed by atoms with Crippen LogP contribution in [0, 0.1) is 17.2 Å². The summed E-state index contributed by atoms with van der Waals surface area (Å²) >= 11 is 0. The lowest BCUT2D eigenvalue weighted by atomic mass is 10.1. The number of ether oxygens (including phenoxy) is 1. The zero-order chi connectivity index (χ0) is 17.5. The fraction of sp³-hybridized carbons (Fsp3) is 0.286. The van der Waals surface area contributed by atoms with Gasteiger partial charge in [0.1, 0.15) is 12.4 Å². The van der Waals surface area contributed by atoms with Gasteiger partial charge in [-0.3, -0.25) is 0 Å². The van der Waals surface area contributed by atoms with Crippen LogP contribution in [0.2, 0.25) is 0 Å². The molecule has 0 aliphatic heterocycles. The second-order valence-electron chi connectivity index (χ2n) is 6.26. The van der Waals surface area contributed by atoms with Gasteiger partial charge < -0.3 is 15.2 Å². The molecule has 2 aromatic carbocycles. The van der Waals surface area contributed by atoms with Gasteiger partial charge in [0.2, 0.25) is 0 Å². The molecule has 0 saturated heterocycles. The van der Waals surface area contributed by atoms with Crippen molar-refractivity contribution in [3.63, 3.8) is 0 Å². The Balaban J connectivity index is 1.55. The van der Waals surface area contributed by atoms with Gasteiger partial charge in [-0.25, -0.2) is 0 Å². The van der Waals surface area contributed by atoms with E-state index in [1.165, 1.54) is 0 Å². The first-order chi connectivity index (χ1) is 12.3. The van der Waals surface area contributed by atoms with Crippen molar-refractivity contribution in [3.8, 4) is 11.8 Å². The maximum absolute atomic E-state index is 9.18. The molecule has 2 N–H and O–H groups in total. The molecular weight excluding hydrogens is 312 g/mol. The third-order valence-electron chi connectivity index (χ3n) is 4.41. The van der Waals surface area contributed by atoms with Crippen LogP contribution in [-0.4, -0.2) is 17.8 Å². The maximum atomic E-state index is 9.18. The predicted octanol–water partition coefficient (Wildman–Crippen LogP) is 3.16. The number of aliphatic hydroxyl groups is 1. The average molecular weight is 334 g/mol. The highest BCUT2D eigenvalue weighted by Gasteiger charge is 2.17. The topological polar surface area (TPSA) is 65.3 Å². The van der Waals surface area contributed by atoms with E-state index in [4.69, 9.17) is 10.00 Å². The Labute approximate surface area is 148 Å². The van der Waals surface area contributed by atoms with Crippen molar-refractivity contribution >= 4 is 0 Å². The maximum Gasteiger partial charge on any atom is 0.120 e. The Bertz CT molecular complexity index is 779. The van der Waals surface area contributed by atoms with Gasteiger partial charge in [-0.05, 0) is 30.2 Å². The third kappa shape index (κ3) is 4.69. The van der Waals surface area contributed by atoms with Crippen LogP contribution in [0.1, 0.15) is 23.1 Å². The summed E-state index contributed by atoms with van der Waals surface area (Å²) in [6.45, 7) is 1.34. The summed E-state index contributed by atoms with van der Waals surface area (Å²) < 4.78 is 5.86. The molecule has 1 aliphatic rings. The predicted molar refractivity (Wildman–Crippen MR) is 96.9 cm³/mol. The van der Waals surface area contributed by atoms with Crippen LogP contribution in [-0.2, 0) is 13.2 Å². The molecule has 0 amide bonds. The molecule has 0 unspecified atom stereocenters. The van der Waals surface area contributed by atoms with Gasteiger partial charge in [0.25, 0.3) is 0 Å². The Morgan fingerprint density at radius 1 is 1.16 bits per heavy atom. The van der Waals surface area contributed by atoms with Crippen LogP contribution in [0.15, 0.2) is 60.7 Å². The number of hydrogen-bond acceptors (Lipinski definition) is 4. The number of nitrogens with one attached hydrogen (secondary N) is 1. The Hall–Kier alpha value is -2.61. The first-order valence-corrected chi connectivity index (χ1v) is 8.51. The van der Waals surface area contributed by atoms with Crippen molar-refractivity contribution in [2.24, 2.45) is 5.92 Å². The van der Waals surface area contributed by atoms with E-state index in [2.05, 4.69) is 29.6 Å². The summed E-state index contributed by atoms with van der Waals surface area (Å²) in [5.74, 6) is 1.06. The standard InChI is InChI=1S/C21H22N2O2/c22-12-18-5-1-2-6-19(18)15-25-21-7-3-4-16(11-21)13-23-20-9-8-17(10-20)14-24/h1-9,11,17,20,23-24H,10,13-15H2/t17-,20+/m0/s1. The smallest absolute Gasteiger partial charge is 0.120 e. The van der Waals surface area contributed by atoms with E-state index in [0.717, 1.165) is 29.8 Å². The molecular formula is C21H22N2O2. The van der Waals surface area contributed by atoms with Crippen molar-refractivity contribution in [1.82, 2.24) is 5.32 Å². The minimum atomic E-state index is 0.210. The molecule has 128 valence electrons. The van der Waals surface area contributed by atoms with E-state index >= 15 is 0 Å². The van der Waals surface area contributed by atoms with Crippen LogP contribution in [0.5, 0.6) is 5.75 Å². The van der Waals surface area contributed by atoms with Crippen molar-refractivity contribution in [1.29, 1.82) is 5.26 Å². The van der Waals surface area contributed by atoms with E-state index in [-0.39, 0.29) is 12.5 Å². The van der Waals surface area contributed by atoms with Crippen molar-refractivity contribution in [2.75, 3.05) is 6.61 Å². The normalized spacial score (nSPS) is 18.9. The summed E-state index contributed by atoms with van der Waals surface area (Å²) in [7, 11) is 0. The van der Waals surface area contributed by atoms with Crippen LogP contribution in [0.3, 0.4) is 0 Å². The lowest BCUT2D eigenvalue weighted by Crippen LogP contribution is -2.26. The lowest BCUT2D eigenvalue weighted by molar-refractivity contribution is 0.246. The number of hydrogen-bond donors (Lipinski definition) is 2. The van der Waals surface area contributed by atoms with E-state index in [0.29, 0.717) is 18.2 Å². The Morgan fingerprint density at radius 2 is 2.04 bits per heavy atom. The molecule has 0 spiro atoms. The molecule has 0 saturated carbocycles. The first kappa shape index (κ1) is 17.2. The number of benzene rings is 2. The second-order valence-corrected chi connectivity index (χ2v) is 6.26. The molecule has 25 heavy (non-hydrogen) atoms. The van der Waals surface area contributed by atoms with Gasteiger partial charge in [-0.2, -0.15) is 5.26 Å². The number of nitrogens with zero attached hydrogens (tertiary/aromatic N) is 1. The monoisotopic (exact) mass is 334 g/mol. The van der Waals surface area contributed by atoms with Crippen molar-refractivity contribution in [3.05, 3.63) is 77.4 Å². The molecule has 0 bridgehead atoms. The molecule has 4 heteroatoms. The first-order valence-electron chi connectivity index (χ1n) is 8.51. The van der Waals surface area contributed by atoms with E-state index in [1.807, 2.05) is 36.4 Å². The minimum absolute atomic E-state index is 0.210. The van der Waals surface area contributed by atoms with Crippen LogP contribution in [0.25, 0.3) is 0 Å². The van der Waals surface area contributed by atoms with Gasteiger partial charge in [0, 0.05) is 30.7 Å². The molecule has 1 aliphatic carbocycles. The SMILES string of the molecule is N#Cc1ccccc1COc1cccc(CN[C@@H]2C=C[C@H](CO)C2)c1. The quantitative estimate of drug-likeness (QED) is 0.764. The summed E-state index contributed by atoms with van der Waals surface area (Å²) in [5, 5.41) is 21.8. The van der Waals surface area contributed by atoms with E-state index in [9.17, 15) is 5.11 Å². The molecule has 0 heterocycles. The van der Waals surface area contributed by atoms with Crippen molar-refractivity contribution < 1.29 is 9.84 Å². The fourth-order valence-corrected chi connectivity index (χ4v) is 2.97. The molecule has 2 atom stereocenters. The largest absolute Gasteiger partial charge is 0.489 e. The molecule has 4 nitrogen and oxygen atoms in total. The zero-order valence-corrected chi connectivity index (χ0v) is 14.1. The average Bonchev–Trinajstić information content (AvgIpc) is 3.13.